The van der Waals surface area contributed by atoms with Crippen LogP contribution in [0.4, 0.5) is 11.7 Å². The van der Waals surface area contributed by atoms with E-state index in [1.807, 2.05) is 6.07 Å². The summed E-state index contributed by atoms with van der Waals surface area (Å²) in [6, 6.07) is 8.44. The highest BCUT2D eigenvalue weighted by Gasteiger charge is 2.30. The molecule has 0 bridgehead atoms. The van der Waals surface area contributed by atoms with Crippen LogP contribution >= 0.6 is 0 Å². The van der Waals surface area contributed by atoms with Gasteiger partial charge in [0.25, 0.3) is 5.91 Å². The van der Waals surface area contributed by atoms with Crippen LogP contribution in [0.3, 0.4) is 0 Å². The minimum absolute atomic E-state index is 0.0156. The van der Waals surface area contributed by atoms with Gasteiger partial charge in [-0.2, -0.15) is 10.2 Å². The molecule has 0 unspecified atom stereocenters. The quantitative estimate of drug-likeness (QED) is 0.898. The predicted octanol–water partition coefficient (Wildman–Crippen LogP) is 2.15. The first kappa shape index (κ1) is 13.8. The summed E-state index contributed by atoms with van der Waals surface area (Å²) in [6.45, 7) is 0. The van der Waals surface area contributed by atoms with Crippen molar-refractivity contribution in [2.24, 2.45) is 5.92 Å². The highest BCUT2D eigenvalue weighted by molar-refractivity contribution is 6.03. The van der Waals surface area contributed by atoms with Gasteiger partial charge in [-0.15, -0.1) is 0 Å². The van der Waals surface area contributed by atoms with E-state index in [1.54, 1.807) is 24.3 Å². The third-order valence-corrected chi connectivity index (χ3v) is 3.19. The number of benzene rings is 1. The van der Waals surface area contributed by atoms with Crippen molar-refractivity contribution < 1.29 is 14.0 Å². The lowest BCUT2D eigenvalue weighted by molar-refractivity contribution is -0.117. The summed E-state index contributed by atoms with van der Waals surface area (Å²) in [4.78, 5) is 27.5. The molecule has 1 aliphatic rings. The number of carbonyl (C=O) groups excluding carboxylic acids is 2. The molecule has 2 N–H and O–H groups in total. The Morgan fingerprint density at radius 1 is 1.23 bits per heavy atom. The standard InChI is InChI=1S/C15H12N4O3/c16-7-9-1-5-11(6-2-9)17-14(21)12-8-22-15(18-12)19-13(20)10-3-4-10/h1-2,5-6,8,10H,3-4H2,(H,17,21)(H,18,19,20). The van der Waals surface area contributed by atoms with E-state index in [9.17, 15) is 9.59 Å². The zero-order chi connectivity index (χ0) is 15.5. The molecule has 1 fully saturated rings. The van der Waals surface area contributed by atoms with E-state index < -0.39 is 5.91 Å². The second-order valence-corrected chi connectivity index (χ2v) is 4.94. The van der Waals surface area contributed by atoms with E-state index in [-0.39, 0.29) is 23.5 Å². The molecule has 1 aromatic heterocycles. The van der Waals surface area contributed by atoms with Gasteiger partial charge in [-0.1, -0.05) is 0 Å². The maximum Gasteiger partial charge on any atom is 0.302 e. The number of aromatic nitrogens is 1. The zero-order valence-corrected chi connectivity index (χ0v) is 11.5. The molecule has 7 heteroatoms. The van der Waals surface area contributed by atoms with Gasteiger partial charge in [0.15, 0.2) is 5.69 Å². The number of nitrogens with zero attached hydrogens (tertiary/aromatic N) is 2. The minimum Gasteiger partial charge on any atom is -0.431 e. The van der Waals surface area contributed by atoms with E-state index in [2.05, 4.69) is 15.6 Å². The Morgan fingerprint density at radius 2 is 1.95 bits per heavy atom. The van der Waals surface area contributed by atoms with Gasteiger partial charge in [0.2, 0.25) is 5.91 Å². The third kappa shape index (κ3) is 3.12. The van der Waals surface area contributed by atoms with Gasteiger partial charge >= 0.3 is 6.01 Å². The van der Waals surface area contributed by atoms with E-state index in [0.29, 0.717) is 11.3 Å². The molecule has 22 heavy (non-hydrogen) atoms. The lowest BCUT2D eigenvalue weighted by Gasteiger charge is -2.02. The number of carbonyl (C=O) groups is 2. The maximum absolute atomic E-state index is 12.0. The van der Waals surface area contributed by atoms with Crippen molar-refractivity contribution in [1.82, 2.24) is 4.98 Å². The van der Waals surface area contributed by atoms with E-state index in [0.717, 1.165) is 12.8 Å². The molecular weight excluding hydrogens is 284 g/mol. The average molecular weight is 296 g/mol. The molecule has 3 rings (SSSR count). The first-order chi connectivity index (χ1) is 10.7. The van der Waals surface area contributed by atoms with E-state index in [1.165, 1.54) is 6.26 Å². The minimum atomic E-state index is -0.458. The molecule has 2 aromatic rings. The summed E-state index contributed by atoms with van der Waals surface area (Å²) in [7, 11) is 0. The summed E-state index contributed by atoms with van der Waals surface area (Å²) < 4.78 is 5.06. The third-order valence-electron chi connectivity index (χ3n) is 3.19. The van der Waals surface area contributed by atoms with Crippen molar-refractivity contribution in [3.05, 3.63) is 41.8 Å². The lowest BCUT2D eigenvalue weighted by atomic mass is 10.2. The van der Waals surface area contributed by atoms with Gasteiger partial charge in [-0.05, 0) is 37.1 Å². The van der Waals surface area contributed by atoms with E-state index >= 15 is 0 Å². The number of amides is 2. The molecule has 1 saturated carbocycles. The number of hydrogen-bond donors (Lipinski definition) is 2. The van der Waals surface area contributed by atoms with Gasteiger partial charge in [-0.25, -0.2) is 0 Å². The predicted molar refractivity (Wildman–Crippen MR) is 77.0 cm³/mol. The van der Waals surface area contributed by atoms with Crippen LogP contribution in [0.5, 0.6) is 0 Å². The van der Waals surface area contributed by atoms with Gasteiger partial charge < -0.3 is 9.73 Å². The Hall–Kier alpha value is -3.14. The number of anilines is 2. The second kappa shape index (κ2) is 5.69. The summed E-state index contributed by atoms with van der Waals surface area (Å²) >= 11 is 0. The van der Waals surface area contributed by atoms with Crippen molar-refractivity contribution in [3.63, 3.8) is 0 Å². The van der Waals surface area contributed by atoms with Crippen molar-refractivity contribution in [3.8, 4) is 6.07 Å². The first-order valence-corrected chi connectivity index (χ1v) is 6.73. The van der Waals surface area contributed by atoms with Crippen LogP contribution in [0.2, 0.25) is 0 Å². The molecule has 0 radical (unpaired) electrons. The number of hydrogen-bond acceptors (Lipinski definition) is 5. The first-order valence-electron chi connectivity index (χ1n) is 6.73. The van der Waals surface area contributed by atoms with Crippen molar-refractivity contribution >= 4 is 23.5 Å². The summed E-state index contributed by atoms with van der Waals surface area (Å²) in [5.74, 6) is -0.566. The van der Waals surface area contributed by atoms with Crippen LogP contribution in [0.1, 0.15) is 28.9 Å². The fourth-order valence-corrected chi connectivity index (χ4v) is 1.81. The Kier molecular flexibility index (Phi) is 3.58. The molecule has 2 amide bonds. The number of rotatable bonds is 4. The summed E-state index contributed by atoms with van der Waals surface area (Å²) in [5.41, 5.74) is 1.11. The normalized spacial score (nSPS) is 13.2. The van der Waals surface area contributed by atoms with E-state index in [4.69, 9.17) is 9.68 Å². The smallest absolute Gasteiger partial charge is 0.302 e. The Morgan fingerprint density at radius 3 is 2.59 bits per heavy atom. The van der Waals surface area contributed by atoms with Crippen LogP contribution < -0.4 is 10.6 Å². The monoisotopic (exact) mass is 296 g/mol. The van der Waals surface area contributed by atoms with Crippen LogP contribution in [0, 0.1) is 17.2 Å². The van der Waals surface area contributed by atoms with Crippen molar-refractivity contribution in [2.75, 3.05) is 10.6 Å². The fourth-order valence-electron chi connectivity index (χ4n) is 1.81. The van der Waals surface area contributed by atoms with Crippen molar-refractivity contribution in [2.45, 2.75) is 12.8 Å². The summed E-state index contributed by atoms with van der Waals surface area (Å²) in [5, 5.41) is 13.9. The number of nitrogens with one attached hydrogen (secondary N) is 2. The van der Waals surface area contributed by atoms with Crippen LogP contribution in [0.15, 0.2) is 34.9 Å². The van der Waals surface area contributed by atoms with Crippen molar-refractivity contribution in [1.29, 1.82) is 5.26 Å². The second-order valence-electron chi connectivity index (χ2n) is 4.94. The molecule has 0 saturated heterocycles. The Labute approximate surface area is 126 Å². The van der Waals surface area contributed by atoms with Crippen LogP contribution in [-0.2, 0) is 4.79 Å². The molecule has 0 aliphatic heterocycles. The van der Waals surface area contributed by atoms with Gasteiger partial charge in [0.1, 0.15) is 6.26 Å². The van der Waals surface area contributed by atoms with Gasteiger partial charge in [0, 0.05) is 11.6 Å². The fraction of sp³-hybridized carbons (Fsp3) is 0.200. The number of oxazole rings is 1. The maximum atomic E-state index is 12.0. The highest BCUT2D eigenvalue weighted by atomic mass is 16.4. The van der Waals surface area contributed by atoms with Gasteiger partial charge in [-0.3, -0.25) is 14.9 Å². The molecule has 7 nitrogen and oxygen atoms in total. The number of nitriles is 1. The largest absolute Gasteiger partial charge is 0.431 e. The van der Waals surface area contributed by atoms with Crippen LogP contribution in [0.25, 0.3) is 0 Å². The molecule has 0 atom stereocenters. The molecule has 0 spiro atoms. The average Bonchev–Trinajstić information content (AvgIpc) is 3.28. The summed E-state index contributed by atoms with van der Waals surface area (Å²) in [6.07, 6.45) is 2.93. The van der Waals surface area contributed by atoms with Crippen LogP contribution in [-0.4, -0.2) is 16.8 Å². The topological polar surface area (TPSA) is 108 Å². The SMILES string of the molecule is N#Cc1ccc(NC(=O)c2coc(NC(=O)C3CC3)n2)cc1. The zero-order valence-electron chi connectivity index (χ0n) is 11.5. The molecule has 1 aromatic carbocycles. The Balaban J connectivity index is 1.63. The molecular formula is C15H12N4O3. The molecule has 1 heterocycles. The Bertz CT molecular complexity index is 754. The molecule has 1 aliphatic carbocycles. The van der Waals surface area contributed by atoms with Gasteiger partial charge in [0.05, 0.1) is 11.6 Å². The highest BCUT2D eigenvalue weighted by Crippen LogP contribution is 2.30. The lowest BCUT2D eigenvalue weighted by Crippen LogP contribution is -2.15. The molecule has 110 valence electrons.